The van der Waals surface area contributed by atoms with E-state index in [9.17, 15) is 9.59 Å². The Morgan fingerprint density at radius 2 is 2.00 bits per heavy atom. The lowest BCUT2D eigenvalue weighted by Crippen LogP contribution is -2.51. The van der Waals surface area contributed by atoms with Crippen LogP contribution in [0.4, 0.5) is 10.5 Å². The average molecular weight is 349 g/mol. The number of carbonyl (C=O) groups is 2. The summed E-state index contributed by atoms with van der Waals surface area (Å²) in [5.41, 5.74) is 6.09. The zero-order valence-electron chi connectivity index (χ0n) is 13.6. The average Bonchev–Trinajstić information content (AvgIpc) is 3.10. The van der Waals surface area contributed by atoms with Crippen molar-refractivity contribution in [1.82, 2.24) is 4.90 Å². The minimum Gasteiger partial charge on any atom is -0.367 e. The number of morpholine rings is 1. The minimum absolute atomic E-state index is 0.194. The Labute approximate surface area is 146 Å². The molecule has 1 atom stereocenters. The molecule has 3 rings (SSSR count). The second-order valence-corrected chi connectivity index (χ2v) is 7.50. The Kier molecular flexibility index (Phi) is 5.63. The molecule has 7 heteroatoms. The fourth-order valence-corrected chi connectivity index (χ4v) is 4.39. The first-order valence-electron chi connectivity index (χ1n) is 8.36. The molecule has 0 bridgehead atoms. The molecule has 1 saturated carbocycles. The van der Waals surface area contributed by atoms with Crippen molar-refractivity contribution in [2.45, 2.75) is 41.9 Å². The number of nitrogens with zero attached hydrogens (tertiary/aromatic N) is 1. The van der Waals surface area contributed by atoms with Gasteiger partial charge >= 0.3 is 6.03 Å². The van der Waals surface area contributed by atoms with E-state index in [1.165, 1.54) is 25.7 Å². The lowest BCUT2D eigenvalue weighted by Gasteiger charge is -2.31. The van der Waals surface area contributed by atoms with Crippen molar-refractivity contribution < 1.29 is 14.3 Å². The molecule has 1 heterocycles. The highest BCUT2D eigenvalue weighted by Gasteiger charge is 2.28. The van der Waals surface area contributed by atoms with Crippen LogP contribution in [0.3, 0.4) is 0 Å². The van der Waals surface area contributed by atoms with Gasteiger partial charge in [0.05, 0.1) is 18.8 Å². The number of carbonyl (C=O) groups excluding carboxylic acids is 2. The number of thioether (sulfide) groups is 1. The maximum Gasteiger partial charge on any atom is 0.322 e. The third kappa shape index (κ3) is 4.21. The molecule has 1 aromatic carbocycles. The van der Waals surface area contributed by atoms with E-state index in [0.29, 0.717) is 18.4 Å². The molecular formula is C17H23N3O3S. The lowest BCUT2D eigenvalue weighted by atomic mass is 10.2. The van der Waals surface area contributed by atoms with Crippen LogP contribution in [0.1, 0.15) is 25.7 Å². The van der Waals surface area contributed by atoms with Gasteiger partial charge in [-0.3, -0.25) is 4.79 Å². The van der Waals surface area contributed by atoms with Crippen molar-refractivity contribution in [3.63, 3.8) is 0 Å². The number of anilines is 1. The zero-order valence-corrected chi connectivity index (χ0v) is 14.4. The Hall–Kier alpha value is -1.73. The molecule has 1 aromatic rings. The van der Waals surface area contributed by atoms with Gasteiger partial charge in [-0.1, -0.05) is 25.0 Å². The summed E-state index contributed by atoms with van der Waals surface area (Å²) in [6, 6.07) is 7.65. The van der Waals surface area contributed by atoms with Crippen LogP contribution in [0.5, 0.6) is 0 Å². The summed E-state index contributed by atoms with van der Waals surface area (Å²) in [6.07, 6.45) is 4.31. The van der Waals surface area contributed by atoms with Gasteiger partial charge in [0.15, 0.2) is 6.10 Å². The normalized spacial score (nSPS) is 21.7. The number of primary amides is 1. The van der Waals surface area contributed by atoms with Crippen LogP contribution in [0.2, 0.25) is 0 Å². The number of rotatable bonds is 4. The highest BCUT2D eigenvalue weighted by atomic mass is 32.2. The Morgan fingerprint density at radius 3 is 2.75 bits per heavy atom. The van der Waals surface area contributed by atoms with Crippen molar-refractivity contribution in [1.29, 1.82) is 0 Å². The number of ether oxygens (including phenoxy) is 1. The van der Waals surface area contributed by atoms with Crippen LogP contribution in [0, 0.1) is 0 Å². The van der Waals surface area contributed by atoms with Gasteiger partial charge in [-0.2, -0.15) is 0 Å². The smallest absolute Gasteiger partial charge is 0.322 e. The number of nitrogens with one attached hydrogen (secondary N) is 1. The molecule has 0 spiro atoms. The van der Waals surface area contributed by atoms with Gasteiger partial charge in [-0.05, 0) is 25.0 Å². The van der Waals surface area contributed by atoms with E-state index in [2.05, 4.69) is 5.32 Å². The first-order valence-corrected chi connectivity index (χ1v) is 9.24. The number of amides is 3. The third-order valence-electron chi connectivity index (χ3n) is 4.40. The SMILES string of the molecule is NC(=O)[C@@H]1CN(C(=O)Nc2ccccc2SC2CCCC2)CCO1. The van der Waals surface area contributed by atoms with E-state index < -0.39 is 12.0 Å². The van der Waals surface area contributed by atoms with Crippen LogP contribution in [0.15, 0.2) is 29.2 Å². The molecule has 24 heavy (non-hydrogen) atoms. The fraction of sp³-hybridized carbons (Fsp3) is 0.529. The first kappa shape index (κ1) is 17.1. The summed E-state index contributed by atoms with van der Waals surface area (Å²) in [4.78, 5) is 26.5. The predicted molar refractivity (Wildman–Crippen MR) is 94.1 cm³/mol. The fourth-order valence-electron chi connectivity index (χ4n) is 3.06. The predicted octanol–water partition coefficient (Wildman–Crippen LogP) is 2.44. The Balaban J connectivity index is 1.64. The van der Waals surface area contributed by atoms with E-state index in [1.54, 1.807) is 4.90 Å². The second-order valence-electron chi connectivity index (χ2n) is 6.16. The highest BCUT2D eigenvalue weighted by molar-refractivity contribution is 8.00. The van der Waals surface area contributed by atoms with E-state index in [1.807, 2.05) is 36.0 Å². The molecule has 2 fully saturated rings. The molecule has 1 aliphatic carbocycles. The highest BCUT2D eigenvalue weighted by Crippen LogP contribution is 2.38. The van der Waals surface area contributed by atoms with Gasteiger partial charge < -0.3 is 20.7 Å². The molecule has 1 saturated heterocycles. The molecule has 0 radical (unpaired) electrons. The molecule has 0 aromatic heterocycles. The summed E-state index contributed by atoms with van der Waals surface area (Å²) < 4.78 is 5.28. The summed E-state index contributed by atoms with van der Waals surface area (Å²) in [5, 5.41) is 3.60. The van der Waals surface area contributed by atoms with Gasteiger partial charge in [0, 0.05) is 16.7 Å². The molecule has 2 aliphatic rings. The van der Waals surface area contributed by atoms with Crippen LogP contribution >= 0.6 is 11.8 Å². The number of urea groups is 1. The standard InChI is InChI=1S/C17H23N3O3S/c18-16(21)14-11-20(9-10-23-14)17(22)19-13-7-3-4-8-15(13)24-12-5-1-2-6-12/h3-4,7-8,12,14H,1-2,5-6,9-11H2,(H2,18,21)(H,19,22)/t14-/m0/s1. The van der Waals surface area contributed by atoms with Gasteiger partial charge in [0.2, 0.25) is 5.91 Å². The summed E-state index contributed by atoms with van der Waals surface area (Å²) in [7, 11) is 0. The van der Waals surface area contributed by atoms with Crippen molar-refractivity contribution >= 4 is 29.4 Å². The quantitative estimate of drug-likeness (QED) is 0.874. The zero-order chi connectivity index (χ0) is 16.9. The molecule has 3 amide bonds. The van der Waals surface area contributed by atoms with Crippen LogP contribution < -0.4 is 11.1 Å². The maximum absolute atomic E-state index is 12.5. The van der Waals surface area contributed by atoms with E-state index >= 15 is 0 Å². The van der Waals surface area contributed by atoms with Crippen molar-refractivity contribution in [3.05, 3.63) is 24.3 Å². The monoisotopic (exact) mass is 349 g/mol. The van der Waals surface area contributed by atoms with Crippen LogP contribution in [-0.2, 0) is 9.53 Å². The lowest BCUT2D eigenvalue weighted by molar-refractivity contribution is -0.133. The topological polar surface area (TPSA) is 84.7 Å². The summed E-state index contributed by atoms with van der Waals surface area (Å²) >= 11 is 1.84. The number of benzene rings is 1. The molecular weight excluding hydrogens is 326 g/mol. The van der Waals surface area contributed by atoms with Gasteiger partial charge in [0.1, 0.15) is 0 Å². The largest absolute Gasteiger partial charge is 0.367 e. The summed E-state index contributed by atoms with van der Waals surface area (Å²) in [5.74, 6) is -0.537. The Bertz CT molecular complexity index is 604. The maximum atomic E-state index is 12.5. The van der Waals surface area contributed by atoms with E-state index in [0.717, 1.165) is 10.6 Å². The number of nitrogens with two attached hydrogens (primary N) is 1. The number of hydrogen-bond acceptors (Lipinski definition) is 4. The van der Waals surface area contributed by atoms with Crippen molar-refractivity contribution in [2.75, 3.05) is 25.0 Å². The van der Waals surface area contributed by atoms with Gasteiger partial charge in [-0.25, -0.2) is 4.79 Å². The van der Waals surface area contributed by atoms with Crippen LogP contribution in [0.25, 0.3) is 0 Å². The molecule has 130 valence electrons. The number of para-hydroxylation sites is 1. The molecule has 0 unspecified atom stereocenters. The molecule has 1 aliphatic heterocycles. The van der Waals surface area contributed by atoms with Gasteiger partial charge in [0.25, 0.3) is 0 Å². The van der Waals surface area contributed by atoms with Crippen molar-refractivity contribution in [2.24, 2.45) is 5.73 Å². The second kappa shape index (κ2) is 7.90. The Morgan fingerprint density at radius 1 is 1.25 bits per heavy atom. The van der Waals surface area contributed by atoms with E-state index in [4.69, 9.17) is 10.5 Å². The summed E-state index contributed by atoms with van der Waals surface area (Å²) in [6.45, 7) is 0.964. The number of hydrogen-bond donors (Lipinski definition) is 2. The van der Waals surface area contributed by atoms with Crippen LogP contribution in [-0.4, -0.2) is 47.9 Å². The van der Waals surface area contributed by atoms with Crippen molar-refractivity contribution in [3.8, 4) is 0 Å². The van der Waals surface area contributed by atoms with Gasteiger partial charge in [-0.15, -0.1) is 11.8 Å². The van der Waals surface area contributed by atoms with E-state index in [-0.39, 0.29) is 12.6 Å². The minimum atomic E-state index is -0.729. The molecule has 3 N–H and O–H groups in total. The first-order chi connectivity index (χ1) is 11.6. The third-order valence-corrected chi connectivity index (χ3v) is 5.81. The molecule has 6 nitrogen and oxygen atoms in total.